The quantitative estimate of drug-likeness (QED) is 0.780. The van der Waals surface area contributed by atoms with Crippen molar-refractivity contribution in [2.75, 3.05) is 11.9 Å². The number of rotatable bonds is 3. The SMILES string of the molecule is CC1NC2(C(=O)Nc3ccc(F)cc32)[C@H]2C(=O)N(CCc3ccccc3)C(=O)[C@@H]12. The molecule has 2 unspecified atom stereocenters. The molecular weight excluding hydrogens is 373 g/mol. The van der Waals surface area contributed by atoms with Gasteiger partial charge in [-0.3, -0.25) is 24.6 Å². The van der Waals surface area contributed by atoms with E-state index in [1.165, 1.54) is 23.1 Å². The van der Waals surface area contributed by atoms with Crippen molar-refractivity contribution in [1.82, 2.24) is 10.2 Å². The van der Waals surface area contributed by atoms with E-state index in [1.807, 2.05) is 30.3 Å². The Kier molecular flexibility index (Phi) is 3.86. The van der Waals surface area contributed by atoms with Crippen molar-refractivity contribution in [2.45, 2.75) is 24.9 Å². The highest BCUT2D eigenvalue weighted by Gasteiger charge is 2.69. The molecule has 3 aliphatic heterocycles. The minimum atomic E-state index is -1.42. The van der Waals surface area contributed by atoms with Crippen LogP contribution < -0.4 is 10.6 Å². The van der Waals surface area contributed by atoms with Crippen LogP contribution in [0.3, 0.4) is 0 Å². The lowest BCUT2D eigenvalue weighted by Gasteiger charge is -2.29. The van der Waals surface area contributed by atoms with E-state index in [1.54, 1.807) is 6.92 Å². The highest BCUT2D eigenvalue weighted by molar-refractivity contribution is 6.15. The van der Waals surface area contributed by atoms with Crippen LogP contribution in [0.15, 0.2) is 48.5 Å². The van der Waals surface area contributed by atoms with Crippen molar-refractivity contribution in [3.8, 4) is 0 Å². The summed E-state index contributed by atoms with van der Waals surface area (Å²) in [5, 5.41) is 5.92. The van der Waals surface area contributed by atoms with Gasteiger partial charge in [-0.25, -0.2) is 4.39 Å². The van der Waals surface area contributed by atoms with Crippen molar-refractivity contribution in [1.29, 1.82) is 0 Å². The van der Waals surface area contributed by atoms with Crippen LogP contribution in [0.4, 0.5) is 10.1 Å². The molecule has 2 aromatic carbocycles. The average molecular weight is 393 g/mol. The summed E-state index contributed by atoms with van der Waals surface area (Å²) in [7, 11) is 0. The number of hydrogen-bond donors (Lipinski definition) is 2. The van der Waals surface area contributed by atoms with Gasteiger partial charge in [-0.15, -0.1) is 0 Å². The fraction of sp³-hybridized carbons (Fsp3) is 0.318. The molecule has 29 heavy (non-hydrogen) atoms. The Balaban J connectivity index is 1.52. The molecule has 0 saturated carbocycles. The second-order valence-corrected chi connectivity index (χ2v) is 7.95. The number of halogens is 1. The van der Waals surface area contributed by atoms with Gasteiger partial charge in [-0.1, -0.05) is 30.3 Å². The number of amides is 3. The molecule has 6 nitrogen and oxygen atoms in total. The number of fused-ring (bicyclic) bond motifs is 4. The van der Waals surface area contributed by atoms with Crippen molar-refractivity contribution < 1.29 is 18.8 Å². The van der Waals surface area contributed by atoms with E-state index in [2.05, 4.69) is 10.6 Å². The summed E-state index contributed by atoms with van der Waals surface area (Å²) in [4.78, 5) is 40.8. The summed E-state index contributed by atoms with van der Waals surface area (Å²) in [6.07, 6.45) is 0.546. The van der Waals surface area contributed by atoms with Crippen molar-refractivity contribution >= 4 is 23.4 Å². The van der Waals surface area contributed by atoms with Gasteiger partial charge in [0.2, 0.25) is 17.7 Å². The predicted molar refractivity (Wildman–Crippen MR) is 103 cm³/mol. The van der Waals surface area contributed by atoms with Crippen LogP contribution in [0, 0.1) is 17.7 Å². The minimum Gasteiger partial charge on any atom is -0.324 e. The van der Waals surface area contributed by atoms with Crippen molar-refractivity contribution in [3.63, 3.8) is 0 Å². The third kappa shape index (κ3) is 2.40. The summed E-state index contributed by atoms with van der Waals surface area (Å²) in [5.41, 5.74) is 0.472. The highest BCUT2D eigenvalue weighted by Crippen LogP contribution is 2.52. The van der Waals surface area contributed by atoms with Crippen LogP contribution in [-0.2, 0) is 26.3 Å². The molecule has 2 N–H and O–H groups in total. The maximum Gasteiger partial charge on any atom is 0.250 e. The molecule has 3 heterocycles. The molecule has 7 heteroatoms. The number of likely N-dealkylation sites (tertiary alicyclic amines) is 1. The summed E-state index contributed by atoms with van der Waals surface area (Å²) in [6, 6.07) is 13.3. The zero-order valence-corrected chi connectivity index (χ0v) is 15.8. The van der Waals surface area contributed by atoms with Gasteiger partial charge in [0, 0.05) is 23.8 Å². The first-order valence-corrected chi connectivity index (χ1v) is 9.72. The molecule has 148 valence electrons. The Morgan fingerprint density at radius 1 is 1.07 bits per heavy atom. The molecule has 0 aromatic heterocycles. The van der Waals surface area contributed by atoms with Crippen molar-refractivity contribution in [2.24, 2.45) is 11.8 Å². The first-order valence-electron chi connectivity index (χ1n) is 9.72. The minimum absolute atomic E-state index is 0.259. The number of benzene rings is 2. The number of hydrogen-bond acceptors (Lipinski definition) is 4. The number of anilines is 1. The molecule has 0 aliphatic carbocycles. The molecule has 2 aromatic rings. The average Bonchev–Trinajstić information content (AvgIpc) is 3.26. The van der Waals surface area contributed by atoms with E-state index in [-0.39, 0.29) is 18.4 Å². The van der Waals surface area contributed by atoms with Crippen LogP contribution in [0.5, 0.6) is 0 Å². The molecule has 4 atom stereocenters. The van der Waals surface area contributed by atoms with Gasteiger partial charge in [-0.2, -0.15) is 0 Å². The zero-order valence-electron chi connectivity index (χ0n) is 15.8. The van der Waals surface area contributed by atoms with E-state index in [4.69, 9.17) is 0 Å². The lowest BCUT2D eigenvalue weighted by Crippen LogP contribution is -2.53. The Morgan fingerprint density at radius 3 is 2.59 bits per heavy atom. The lowest BCUT2D eigenvalue weighted by atomic mass is 9.76. The third-order valence-corrected chi connectivity index (χ3v) is 6.38. The van der Waals surface area contributed by atoms with E-state index in [0.29, 0.717) is 17.7 Å². The molecule has 0 radical (unpaired) electrons. The first kappa shape index (κ1) is 18.0. The number of nitrogens with one attached hydrogen (secondary N) is 2. The summed E-state index contributed by atoms with van der Waals surface area (Å²) in [5.74, 6) is -3.09. The van der Waals surface area contributed by atoms with Gasteiger partial charge in [0.1, 0.15) is 11.4 Å². The fourth-order valence-electron chi connectivity index (χ4n) is 5.10. The molecule has 0 bridgehead atoms. The number of nitrogens with zero attached hydrogens (tertiary/aromatic N) is 1. The van der Waals surface area contributed by atoms with Crippen LogP contribution in [0.25, 0.3) is 0 Å². The second-order valence-electron chi connectivity index (χ2n) is 7.95. The van der Waals surface area contributed by atoms with E-state index < -0.39 is 35.1 Å². The molecule has 3 amide bonds. The molecule has 1 spiro atoms. The monoisotopic (exact) mass is 393 g/mol. The Hall–Kier alpha value is -3.06. The molecule has 2 fully saturated rings. The summed E-state index contributed by atoms with van der Waals surface area (Å²) in [6.45, 7) is 2.05. The van der Waals surface area contributed by atoms with Gasteiger partial charge in [-0.05, 0) is 37.1 Å². The number of carbonyl (C=O) groups is 3. The lowest BCUT2D eigenvalue weighted by molar-refractivity contribution is -0.142. The standard InChI is InChI=1S/C22H20FN3O3/c1-12-17-18(20(28)26(19(17)27)10-9-13-5-3-2-4-6-13)22(25-12)15-11-14(23)7-8-16(15)24-21(22)29/h2-8,11-12,17-18,25H,9-10H2,1H3,(H,24,29)/t12?,17-,18+,22?/m0/s1. The van der Waals surface area contributed by atoms with Crippen LogP contribution in [0.1, 0.15) is 18.1 Å². The summed E-state index contributed by atoms with van der Waals surface area (Å²) < 4.78 is 14.0. The van der Waals surface area contributed by atoms with Gasteiger partial charge >= 0.3 is 0 Å². The molecular formula is C22H20FN3O3. The summed E-state index contributed by atoms with van der Waals surface area (Å²) >= 11 is 0. The third-order valence-electron chi connectivity index (χ3n) is 6.38. The van der Waals surface area contributed by atoms with Crippen LogP contribution in [-0.4, -0.2) is 35.2 Å². The Morgan fingerprint density at radius 2 is 1.83 bits per heavy atom. The Labute approximate surface area is 167 Å². The number of carbonyl (C=O) groups excluding carboxylic acids is 3. The van der Waals surface area contributed by atoms with Gasteiger partial charge in [0.05, 0.1) is 11.8 Å². The zero-order chi connectivity index (χ0) is 20.3. The smallest absolute Gasteiger partial charge is 0.250 e. The normalized spacial score (nSPS) is 30.1. The molecule has 5 rings (SSSR count). The van der Waals surface area contributed by atoms with Crippen LogP contribution in [0.2, 0.25) is 0 Å². The van der Waals surface area contributed by atoms with Crippen molar-refractivity contribution in [3.05, 3.63) is 65.5 Å². The molecule has 3 aliphatic rings. The first-order chi connectivity index (χ1) is 13.9. The van der Waals surface area contributed by atoms with E-state index >= 15 is 0 Å². The van der Waals surface area contributed by atoms with Gasteiger partial charge in [0.25, 0.3) is 0 Å². The van der Waals surface area contributed by atoms with E-state index in [0.717, 1.165) is 5.56 Å². The fourth-order valence-corrected chi connectivity index (χ4v) is 5.10. The highest BCUT2D eigenvalue weighted by atomic mass is 19.1. The van der Waals surface area contributed by atoms with Crippen LogP contribution >= 0.6 is 0 Å². The predicted octanol–water partition coefficient (Wildman–Crippen LogP) is 1.81. The maximum absolute atomic E-state index is 14.0. The van der Waals surface area contributed by atoms with E-state index in [9.17, 15) is 18.8 Å². The largest absolute Gasteiger partial charge is 0.324 e. The maximum atomic E-state index is 14.0. The van der Waals surface area contributed by atoms with Gasteiger partial charge in [0.15, 0.2) is 0 Å². The second kappa shape index (κ2) is 6.22. The topological polar surface area (TPSA) is 78.5 Å². The van der Waals surface area contributed by atoms with Gasteiger partial charge < -0.3 is 5.32 Å². The molecule has 2 saturated heterocycles. The number of imide groups is 1. The Bertz CT molecular complexity index is 1040.